The Morgan fingerprint density at radius 2 is 1.77 bits per heavy atom. The predicted molar refractivity (Wildman–Crippen MR) is 97.6 cm³/mol. The van der Waals surface area contributed by atoms with Crippen molar-refractivity contribution in [1.29, 1.82) is 0 Å². The minimum Gasteiger partial charge on any atom is -0.478 e. The normalized spacial score (nSPS) is 16.2. The third-order valence-corrected chi connectivity index (χ3v) is 4.47. The Kier molecular flexibility index (Phi) is 9.41. The lowest BCUT2D eigenvalue weighted by Crippen LogP contribution is -2.13. The number of hydrogen-bond acceptors (Lipinski definition) is 4. The van der Waals surface area contributed by atoms with Crippen LogP contribution in [0.4, 0.5) is 0 Å². The topological polar surface area (TPSA) is 101 Å². The summed E-state index contributed by atoms with van der Waals surface area (Å²) >= 11 is 0. The largest absolute Gasteiger partial charge is 0.478 e. The van der Waals surface area contributed by atoms with Crippen LogP contribution < -0.4 is 0 Å². The zero-order chi connectivity index (χ0) is 19.5. The molecule has 1 saturated carbocycles. The molecule has 0 aromatic rings. The first-order valence-corrected chi connectivity index (χ1v) is 9.00. The number of ether oxygens (including phenoxy) is 1. The van der Waals surface area contributed by atoms with Crippen molar-refractivity contribution in [2.24, 2.45) is 5.92 Å². The van der Waals surface area contributed by atoms with E-state index in [1.54, 1.807) is 0 Å². The van der Waals surface area contributed by atoms with E-state index in [1.807, 2.05) is 6.08 Å². The molecule has 0 spiro atoms. The Balaban J connectivity index is 2.67. The molecule has 0 atom stereocenters. The van der Waals surface area contributed by atoms with Gasteiger partial charge >= 0.3 is 17.9 Å². The number of hydrogen-bond donors (Lipinski definition) is 2. The van der Waals surface area contributed by atoms with Crippen LogP contribution in [-0.2, 0) is 19.1 Å². The Morgan fingerprint density at radius 1 is 1.12 bits per heavy atom. The highest BCUT2D eigenvalue weighted by Crippen LogP contribution is 2.26. The van der Waals surface area contributed by atoms with Gasteiger partial charge in [-0.15, -0.1) is 0 Å². The molecule has 0 aliphatic heterocycles. The standard InChI is InChI=1S/C20H28O6/c1-14(18(21)22)7-6-12-26-20(25)17(11-10-15(2)19(23)24)13-16-8-4-3-5-9-16/h10,13,16H,1,3-9,11-12H2,2H3,(H,21,22)(H,23,24). The molecule has 0 saturated heterocycles. The number of aliphatic carboxylic acids is 2. The monoisotopic (exact) mass is 364 g/mol. The number of allylic oxidation sites excluding steroid dienone is 2. The summed E-state index contributed by atoms with van der Waals surface area (Å²) in [4.78, 5) is 34.0. The van der Waals surface area contributed by atoms with Crippen molar-refractivity contribution in [2.75, 3.05) is 6.61 Å². The lowest BCUT2D eigenvalue weighted by molar-refractivity contribution is -0.139. The van der Waals surface area contributed by atoms with Crippen LogP contribution in [0.5, 0.6) is 0 Å². The van der Waals surface area contributed by atoms with Gasteiger partial charge in [-0.25, -0.2) is 14.4 Å². The summed E-state index contributed by atoms with van der Waals surface area (Å²) in [7, 11) is 0. The predicted octanol–water partition coefficient (Wildman–Crippen LogP) is 3.88. The average Bonchev–Trinajstić information content (AvgIpc) is 2.62. The first-order chi connectivity index (χ1) is 12.3. The molecular weight excluding hydrogens is 336 g/mol. The summed E-state index contributed by atoms with van der Waals surface area (Å²) in [5.74, 6) is -2.21. The van der Waals surface area contributed by atoms with Gasteiger partial charge in [0.2, 0.25) is 0 Å². The van der Waals surface area contributed by atoms with Crippen LogP contribution in [0.15, 0.2) is 35.5 Å². The Bertz CT molecular complexity index is 593. The average molecular weight is 364 g/mol. The van der Waals surface area contributed by atoms with Crippen molar-refractivity contribution < 1.29 is 29.3 Å². The molecule has 1 fully saturated rings. The lowest BCUT2D eigenvalue weighted by atomic mass is 9.87. The third kappa shape index (κ3) is 8.14. The highest BCUT2D eigenvalue weighted by atomic mass is 16.5. The van der Waals surface area contributed by atoms with Crippen LogP contribution in [-0.4, -0.2) is 34.7 Å². The number of rotatable bonds is 10. The number of carbonyl (C=O) groups is 3. The SMILES string of the molecule is C=C(CCCOC(=O)C(=CC1CCCCC1)CC=C(C)C(=O)O)C(=O)O. The highest BCUT2D eigenvalue weighted by molar-refractivity contribution is 5.90. The second-order valence-corrected chi connectivity index (χ2v) is 6.63. The fourth-order valence-electron chi connectivity index (χ4n) is 2.81. The molecule has 144 valence electrons. The molecule has 0 radical (unpaired) electrons. The summed E-state index contributed by atoms with van der Waals surface area (Å²) in [6.07, 6.45) is 9.81. The van der Waals surface area contributed by atoms with Crippen molar-refractivity contribution in [3.05, 3.63) is 35.5 Å². The van der Waals surface area contributed by atoms with E-state index in [2.05, 4.69) is 6.58 Å². The maximum absolute atomic E-state index is 12.4. The molecular formula is C20H28O6. The minimum atomic E-state index is -1.05. The van der Waals surface area contributed by atoms with Gasteiger partial charge in [-0.05, 0) is 44.9 Å². The van der Waals surface area contributed by atoms with Crippen molar-refractivity contribution in [3.63, 3.8) is 0 Å². The fourth-order valence-corrected chi connectivity index (χ4v) is 2.81. The van der Waals surface area contributed by atoms with Crippen molar-refractivity contribution in [2.45, 2.75) is 58.3 Å². The van der Waals surface area contributed by atoms with Crippen LogP contribution in [0.2, 0.25) is 0 Å². The molecule has 0 aromatic carbocycles. The molecule has 0 aromatic heterocycles. The van der Waals surface area contributed by atoms with E-state index in [0.29, 0.717) is 17.9 Å². The van der Waals surface area contributed by atoms with E-state index in [4.69, 9.17) is 14.9 Å². The number of carbonyl (C=O) groups excluding carboxylic acids is 1. The van der Waals surface area contributed by atoms with Crippen LogP contribution in [0.3, 0.4) is 0 Å². The zero-order valence-corrected chi connectivity index (χ0v) is 15.3. The van der Waals surface area contributed by atoms with E-state index in [9.17, 15) is 14.4 Å². The first-order valence-electron chi connectivity index (χ1n) is 9.00. The summed E-state index contributed by atoms with van der Waals surface area (Å²) < 4.78 is 5.25. The Hall–Kier alpha value is -2.37. The van der Waals surface area contributed by atoms with Crippen molar-refractivity contribution in [3.8, 4) is 0 Å². The van der Waals surface area contributed by atoms with Gasteiger partial charge in [0.05, 0.1) is 6.61 Å². The molecule has 0 heterocycles. The quantitative estimate of drug-likeness (QED) is 0.347. The van der Waals surface area contributed by atoms with Crippen LogP contribution in [0.1, 0.15) is 58.3 Å². The molecule has 26 heavy (non-hydrogen) atoms. The number of esters is 1. The summed E-state index contributed by atoms with van der Waals surface area (Å²) in [5.41, 5.74) is 0.735. The molecule has 6 nitrogen and oxygen atoms in total. The third-order valence-electron chi connectivity index (χ3n) is 4.47. The molecule has 0 bridgehead atoms. The van der Waals surface area contributed by atoms with Gasteiger partial charge in [0.1, 0.15) is 0 Å². The maximum Gasteiger partial charge on any atom is 0.334 e. The van der Waals surface area contributed by atoms with Crippen LogP contribution >= 0.6 is 0 Å². The van der Waals surface area contributed by atoms with Crippen LogP contribution in [0.25, 0.3) is 0 Å². The lowest BCUT2D eigenvalue weighted by Gasteiger charge is -2.19. The molecule has 2 N–H and O–H groups in total. The van der Waals surface area contributed by atoms with Crippen molar-refractivity contribution in [1.82, 2.24) is 0 Å². The zero-order valence-electron chi connectivity index (χ0n) is 15.3. The second kappa shape index (κ2) is 11.3. The summed E-state index contributed by atoms with van der Waals surface area (Å²) in [6.45, 7) is 5.03. The molecule has 1 aliphatic carbocycles. The molecule has 1 aliphatic rings. The van der Waals surface area contributed by atoms with Gasteiger partial charge in [-0.3, -0.25) is 0 Å². The molecule has 6 heteroatoms. The van der Waals surface area contributed by atoms with E-state index in [0.717, 1.165) is 25.7 Å². The van der Waals surface area contributed by atoms with Gasteiger partial charge < -0.3 is 14.9 Å². The van der Waals surface area contributed by atoms with E-state index < -0.39 is 17.9 Å². The van der Waals surface area contributed by atoms with Gasteiger partial charge in [0.25, 0.3) is 0 Å². The molecule has 0 unspecified atom stereocenters. The van der Waals surface area contributed by atoms with E-state index in [-0.39, 0.29) is 30.6 Å². The highest BCUT2D eigenvalue weighted by Gasteiger charge is 2.17. The summed E-state index contributed by atoms with van der Waals surface area (Å²) in [6, 6.07) is 0. The van der Waals surface area contributed by atoms with Gasteiger partial charge in [0.15, 0.2) is 0 Å². The summed E-state index contributed by atoms with van der Waals surface area (Å²) in [5, 5.41) is 17.7. The maximum atomic E-state index is 12.4. The number of carboxylic acids is 2. The minimum absolute atomic E-state index is 0.0824. The molecule has 1 rings (SSSR count). The van der Waals surface area contributed by atoms with Crippen LogP contribution in [0, 0.1) is 5.92 Å². The van der Waals surface area contributed by atoms with Gasteiger partial charge in [0, 0.05) is 16.7 Å². The van der Waals surface area contributed by atoms with E-state index in [1.165, 1.54) is 19.4 Å². The molecule has 0 amide bonds. The fraction of sp³-hybridized carbons (Fsp3) is 0.550. The smallest absolute Gasteiger partial charge is 0.334 e. The number of carboxylic acid groups (broad SMARTS) is 2. The van der Waals surface area contributed by atoms with Crippen molar-refractivity contribution >= 4 is 17.9 Å². The van der Waals surface area contributed by atoms with Gasteiger partial charge in [-0.2, -0.15) is 0 Å². The Labute approximate surface area is 154 Å². The van der Waals surface area contributed by atoms with Gasteiger partial charge in [-0.1, -0.05) is 38.0 Å². The Morgan fingerprint density at radius 3 is 2.35 bits per heavy atom. The second-order valence-electron chi connectivity index (χ2n) is 6.63. The first kappa shape index (κ1) is 21.7. The van der Waals surface area contributed by atoms with E-state index >= 15 is 0 Å².